The monoisotopic (exact) mass is 271 g/mol. The van der Waals surface area contributed by atoms with Gasteiger partial charge >= 0.3 is 6.09 Å². The normalized spacial score (nSPS) is 27.6. The molecule has 2 unspecified atom stereocenters. The molecule has 2 heterocycles. The summed E-state index contributed by atoms with van der Waals surface area (Å²) in [7, 11) is 0. The molecule has 2 saturated heterocycles. The van der Waals surface area contributed by atoms with Gasteiger partial charge in [0.2, 0.25) is 0 Å². The van der Waals surface area contributed by atoms with Crippen LogP contribution < -0.4 is 5.32 Å². The van der Waals surface area contributed by atoms with Gasteiger partial charge in [-0.15, -0.1) is 0 Å². The summed E-state index contributed by atoms with van der Waals surface area (Å²) in [5, 5.41) is 11.8. The summed E-state index contributed by atoms with van der Waals surface area (Å²) in [5.74, 6) is 0.773. The highest BCUT2D eigenvalue weighted by atomic mass is 16.6. The Morgan fingerprint density at radius 1 is 1.32 bits per heavy atom. The first-order chi connectivity index (χ1) is 8.89. The first-order valence-electron chi connectivity index (χ1n) is 7.08. The molecule has 0 saturated carbocycles. The molecule has 0 spiro atoms. The van der Waals surface area contributed by atoms with Crippen molar-refractivity contribution in [3.05, 3.63) is 0 Å². The minimum absolute atomic E-state index is 0.0427. The van der Waals surface area contributed by atoms with Crippen molar-refractivity contribution in [1.29, 1.82) is 0 Å². The molecule has 2 rings (SSSR count). The Labute approximate surface area is 114 Å². The number of ether oxygens (including phenoxy) is 2. The number of epoxide rings is 1. The lowest BCUT2D eigenvalue weighted by molar-refractivity contribution is 0.00280. The van der Waals surface area contributed by atoms with E-state index in [4.69, 9.17) is 14.6 Å². The second-order valence-electron chi connectivity index (χ2n) is 6.69. The molecule has 0 bridgehead atoms. The Bertz CT molecular complexity index is 316. The molecule has 2 N–H and O–H groups in total. The van der Waals surface area contributed by atoms with Crippen LogP contribution in [0.4, 0.5) is 4.79 Å². The van der Waals surface area contributed by atoms with Crippen LogP contribution in [0.25, 0.3) is 0 Å². The van der Waals surface area contributed by atoms with Crippen molar-refractivity contribution < 1.29 is 19.4 Å². The molecule has 3 atom stereocenters. The predicted octanol–water partition coefficient (Wildman–Crippen LogP) is 2.11. The fourth-order valence-corrected chi connectivity index (χ4v) is 3.43. The van der Waals surface area contributed by atoms with Crippen LogP contribution >= 0.6 is 0 Å². The number of nitrogens with one attached hydrogen (secondary N) is 1. The van der Waals surface area contributed by atoms with E-state index < -0.39 is 6.09 Å². The van der Waals surface area contributed by atoms with Gasteiger partial charge in [-0.25, -0.2) is 4.79 Å². The van der Waals surface area contributed by atoms with Crippen molar-refractivity contribution in [2.24, 2.45) is 17.3 Å². The van der Waals surface area contributed by atoms with Gasteiger partial charge in [0.25, 0.3) is 0 Å². The van der Waals surface area contributed by atoms with Gasteiger partial charge in [-0.3, -0.25) is 0 Å². The van der Waals surface area contributed by atoms with Crippen LogP contribution in [-0.4, -0.2) is 43.2 Å². The Balaban J connectivity index is 2.16. The van der Waals surface area contributed by atoms with Crippen LogP contribution in [-0.2, 0) is 9.47 Å². The van der Waals surface area contributed by atoms with E-state index in [2.05, 4.69) is 26.1 Å². The third-order valence-corrected chi connectivity index (χ3v) is 4.21. The van der Waals surface area contributed by atoms with Gasteiger partial charge in [0.05, 0.1) is 12.6 Å². The molecule has 0 aliphatic carbocycles. The van der Waals surface area contributed by atoms with Crippen molar-refractivity contribution in [2.45, 2.75) is 45.8 Å². The third-order valence-electron chi connectivity index (χ3n) is 4.21. The summed E-state index contributed by atoms with van der Waals surface area (Å²) in [6.45, 7) is 8.79. The molecule has 0 aromatic heterocycles. The number of hydrogen-bond donors (Lipinski definition) is 2. The predicted molar refractivity (Wildman–Crippen MR) is 71.2 cm³/mol. The van der Waals surface area contributed by atoms with Crippen LogP contribution in [0.1, 0.15) is 33.6 Å². The maximum atomic E-state index is 11.1. The van der Waals surface area contributed by atoms with Crippen molar-refractivity contribution in [2.75, 3.05) is 19.8 Å². The quantitative estimate of drug-likeness (QED) is 0.768. The summed E-state index contributed by atoms with van der Waals surface area (Å²) < 4.78 is 10.8. The zero-order valence-electron chi connectivity index (χ0n) is 12.0. The first-order valence-corrected chi connectivity index (χ1v) is 7.08. The molecule has 5 nitrogen and oxygen atoms in total. The van der Waals surface area contributed by atoms with E-state index in [-0.39, 0.29) is 23.5 Å². The minimum atomic E-state index is -0.957. The highest BCUT2D eigenvalue weighted by molar-refractivity contribution is 5.65. The van der Waals surface area contributed by atoms with Crippen molar-refractivity contribution in [3.8, 4) is 0 Å². The van der Waals surface area contributed by atoms with Gasteiger partial charge in [0, 0.05) is 13.2 Å². The summed E-state index contributed by atoms with van der Waals surface area (Å²) >= 11 is 0. The van der Waals surface area contributed by atoms with Gasteiger partial charge < -0.3 is 19.9 Å². The second kappa shape index (κ2) is 5.67. The van der Waals surface area contributed by atoms with E-state index in [1.54, 1.807) is 0 Å². The van der Waals surface area contributed by atoms with Crippen LogP contribution in [0.3, 0.4) is 0 Å². The smallest absolute Gasteiger partial charge is 0.404 e. The van der Waals surface area contributed by atoms with Crippen LogP contribution in [0.2, 0.25) is 0 Å². The maximum Gasteiger partial charge on any atom is 0.404 e. The van der Waals surface area contributed by atoms with Crippen molar-refractivity contribution in [1.82, 2.24) is 5.32 Å². The van der Waals surface area contributed by atoms with E-state index in [0.29, 0.717) is 12.5 Å². The molecule has 0 aromatic rings. The SMILES string of the molecule is CC(C)(C)C(C1CCOCC1)[C@H](NC(=O)O)C1CO1. The molecule has 0 radical (unpaired) electrons. The molecule has 2 aliphatic rings. The summed E-state index contributed by atoms with van der Waals surface area (Å²) in [4.78, 5) is 11.1. The molecule has 19 heavy (non-hydrogen) atoms. The lowest BCUT2D eigenvalue weighted by Crippen LogP contribution is -2.51. The highest BCUT2D eigenvalue weighted by Crippen LogP contribution is 2.42. The van der Waals surface area contributed by atoms with Gasteiger partial charge in [0.1, 0.15) is 6.10 Å². The average Bonchev–Trinajstić information content (AvgIpc) is 3.10. The highest BCUT2D eigenvalue weighted by Gasteiger charge is 2.47. The van der Waals surface area contributed by atoms with E-state index in [1.807, 2.05) is 0 Å². The molecule has 1 amide bonds. The number of hydrogen-bond acceptors (Lipinski definition) is 3. The van der Waals surface area contributed by atoms with Crippen molar-refractivity contribution in [3.63, 3.8) is 0 Å². The molecule has 110 valence electrons. The van der Waals surface area contributed by atoms with E-state index >= 15 is 0 Å². The van der Waals surface area contributed by atoms with E-state index in [9.17, 15) is 4.79 Å². The molecule has 2 fully saturated rings. The Kier molecular flexibility index (Phi) is 4.36. The third kappa shape index (κ3) is 3.83. The van der Waals surface area contributed by atoms with Crippen molar-refractivity contribution >= 4 is 6.09 Å². The van der Waals surface area contributed by atoms with Crippen LogP contribution in [0.15, 0.2) is 0 Å². The average molecular weight is 271 g/mol. The van der Waals surface area contributed by atoms with Gasteiger partial charge in [-0.05, 0) is 30.1 Å². The zero-order chi connectivity index (χ0) is 14.0. The summed E-state index contributed by atoms with van der Waals surface area (Å²) in [6.07, 6.45) is 1.10. The number of carbonyl (C=O) groups is 1. The minimum Gasteiger partial charge on any atom is -0.465 e. The molecule has 0 aromatic carbocycles. The lowest BCUT2D eigenvalue weighted by atomic mass is 9.66. The Hall–Kier alpha value is -0.810. The fourth-order valence-electron chi connectivity index (χ4n) is 3.43. The zero-order valence-corrected chi connectivity index (χ0v) is 12.0. The summed E-state index contributed by atoms with van der Waals surface area (Å²) in [6, 6.07) is -0.111. The van der Waals surface area contributed by atoms with Crippen LogP contribution in [0.5, 0.6) is 0 Å². The Morgan fingerprint density at radius 2 is 1.89 bits per heavy atom. The first kappa shape index (κ1) is 14.6. The van der Waals surface area contributed by atoms with Crippen LogP contribution in [0, 0.1) is 17.3 Å². The standard InChI is InChI=1S/C14H25NO4/c1-14(2,3)11(9-4-6-18-7-5-9)12(10-8-19-10)15-13(16)17/h9-12,15H,4-8H2,1-3H3,(H,16,17)/t10?,11?,12-/m1/s1. The van der Waals surface area contributed by atoms with E-state index in [0.717, 1.165) is 26.1 Å². The Morgan fingerprint density at radius 3 is 2.32 bits per heavy atom. The van der Waals surface area contributed by atoms with E-state index in [1.165, 1.54) is 0 Å². The number of amides is 1. The lowest BCUT2D eigenvalue weighted by Gasteiger charge is -2.43. The largest absolute Gasteiger partial charge is 0.465 e. The van der Waals surface area contributed by atoms with Gasteiger partial charge in [-0.1, -0.05) is 20.8 Å². The topological polar surface area (TPSA) is 71.1 Å². The van der Waals surface area contributed by atoms with Gasteiger partial charge in [-0.2, -0.15) is 0 Å². The molecular formula is C14H25NO4. The number of carboxylic acid groups (broad SMARTS) is 1. The maximum absolute atomic E-state index is 11.1. The van der Waals surface area contributed by atoms with Gasteiger partial charge in [0.15, 0.2) is 0 Å². The molecule has 5 heteroatoms. The number of rotatable bonds is 4. The molecule has 2 aliphatic heterocycles. The summed E-state index contributed by atoms with van der Waals surface area (Å²) in [5.41, 5.74) is 0.0427. The fraction of sp³-hybridized carbons (Fsp3) is 0.929. The second-order valence-corrected chi connectivity index (χ2v) is 6.69. The molecular weight excluding hydrogens is 246 g/mol.